The Bertz CT molecular complexity index is 136. The highest BCUT2D eigenvalue weighted by atomic mass is 19.4. The molecule has 9 heavy (non-hydrogen) atoms. The van der Waals surface area contributed by atoms with Crippen LogP contribution in [0, 0.1) is 0 Å². The van der Waals surface area contributed by atoms with Gasteiger partial charge in [0, 0.05) is 18.7 Å². The van der Waals surface area contributed by atoms with E-state index in [-0.39, 0.29) is 13.1 Å². The molecule has 0 N–H and O–H groups in total. The summed E-state index contributed by atoms with van der Waals surface area (Å²) in [6, 6.07) is 0. The molecule has 0 atom stereocenters. The Morgan fingerprint density at radius 1 is 1.44 bits per heavy atom. The van der Waals surface area contributed by atoms with Gasteiger partial charge in [0.2, 0.25) is 0 Å². The van der Waals surface area contributed by atoms with E-state index in [1.165, 1.54) is 0 Å². The van der Waals surface area contributed by atoms with E-state index in [1.54, 1.807) is 0 Å². The van der Waals surface area contributed by atoms with Gasteiger partial charge in [-0.15, -0.1) is 0 Å². The number of alkyl halides is 3. The van der Waals surface area contributed by atoms with Crippen molar-refractivity contribution >= 4 is 0 Å². The van der Waals surface area contributed by atoms with E-state index in [9.17, 15) is 13.2 Å². The van der Waals surface area contributed by atoms with Crippen LogP contribution in [-0.4, -0.2) is 19.3 Å². The van der Waals surface area contributed by atoms with Crippen LogP contribution < -0.4 is 5.32 Å². The van der Waals surface area contributed by atoms with Crippen molar-refractivity contribution in [2.75, 3.05) is 13.1 Å². The Labute approximate surface area is 50.6 Å². The molecule has 1 radical (unpaired) electrons. The molecule has 1 heterocycles. The molecular formula is C5H5F3N. The third-order valence-electron chi connectivity index (χ3n) is 1.11. The van der Waals surface area contributed by atoms with Crippen LogP contribution in [0.4, 0.5) is 13.2 Å². The minimum Gasteiger partial charge on any atom is -0.233 e. The van der Waals surface area contributed by atoms with Gasteiger partial charge in [-0.05, 0) is 0 Å². The molecule has 0 fully saturated rings. The Kier molecular flexibility index (Phi) is 1.48. The van der Waals surface area contributed by atoms with Crippen molar-refractivity contribution in [2.24, 2.45) is 0 Å². The zero-order valence-electron chi connectivity index (χ0n) is 4.57. The summed E-state index contributed by atoms with van der Waals surface area (Å²) in [4.78, 5) is 0. The number of hydrogen-bond donors (Lipinski definition) is 0. The minimum absolute atomic E-state index is 0.163. The van der Waals surface area contributed by atoms with Crippen molar-refractivity contribution in [2.45, 2.75) is 6.18 Å². The van der Waals surface area contributed by atoms with Gasteiger partial charge in [-0.1, -0.05) is 6.08 Å². The summed E-state index contributed by atoms with van der Waals surface area (Å²) in [5.41, 5.74) is -0.512. The van der Waals surface area contributed by atoms with E-state index >= 15 is 0 Å². The summed E-state index contributed by atoms with van der Waals surface area (Å²) >= 11 is 0. The van der Waals surface area contributed by atoms with Gasteiger partial charge < -0.3 is 0 Å². The maximum atomic E-state index is 11.6. The van der Waals surface area contributed by atoms with Crippen LogP contribution >= 0.6 is 0 Å². The molecule has 0 aromatic rings. The van der Waals surface area contributed by atoms with E-state index in [4.69, 9.17) is 0 Å². The number of hydrogen-bond acceptors (Lipinski definition) is 0. The van der Waals surface area contributed by atoms with E-state index in [0.717, 1.165) is 6.08 Å². The lowest BCUT2D eigenvalue weighted by molar-refractivity contribution is -0.0919. The molecule has 1 nitrogen and oxygen atoms in total. The third kappa shape index (κ3) is 1.45. The maximum absolute atomic E-state index is 11.6. The van der Waals surface area contributed by atoms with E-state index in [2.05, 4.69) is 5.32 Å². The predicted molar refractivity (Wildman–Crippen MR) is 26.0 cm³/mol. The topological polar surface area (TPSA) is 14.1 Å². The van der Waals surface area contributed by atoms with Crippen molar-refractivity contribution in [1.29, 1.82) is 0 Å². The monoisotopic (exact) mass is 136 g/mol. The summed E-state index contributed by atoms with van der Waals surface area (Å²) < 4.78 is 34.9. The number of nitrogens with zero attached hydrogens (tertiary/aromatic N) is 1. The zero-order chi connectivity index (χ0) is 6.91. The molecule has 0 aliphatic carbocycles. The fourth-order valence-corrected chi connectivity index (χ4v) is 0.630. The SMILES string of the molecule is FC(F)(F)C1=CC[N]C1. The van der Waals surface area contributed by atoms with Gasteiger partial charge in [0.05, 0.1) is 0 Å². The average Bonchev–Trinajstić information content (AvgIpc) is 2.08. The Balaban J connectivity index is 2.61. The van der Waals surface area contributed by atoms with E-state index in [0.29, 0.717) is 0 Å². The van der Waals surface area contributed by atoms with Gasteiger partial charge >= 0.3 is 6.18 Å². The zero-order valence-corrected chi connectivity index (χ0v) is 4.57. The van der Waals surface area contributed by atoms with E-state index in [1.807, 2.05) is 0 Å². The molecule has 1 aliphatic heterocycles. The van der Waals surface area contributed by atoms with Crippen LogP contribution in [0.2, 0.25) is 0 Å². The van der Waals surface area contributed by atoms with Crippen LogP contribution in [-0.2, 0) is 0 Å². The van der Waals surface area contributed by atoms with Crippen molar-refractivity contribution < 1.29 is 13.2 Å². The van der Waals surface area contributed by atoms with Crippen LogP contribution in [0.15, 0.2) is 11.6 Å². The first-order valence-corrected chi connectivity index (χ1v) is 2.50. The smallest absolute Gasteiger partial charge is 0.233 e. The Hall–Kier alpha value is -0.510. The van der Waals surface area contributed by atoms with Gasteiger partial charge in [-0.2, -0.15) is 13.2 Å². The summed E-state index contributed by atoms with van der Waals surface area (Å²) in [5, 5.41) is 3.52. The molecule has 51 valence electrons. The lowest BCUT2D eigenvalue weighted by atomic mass is 10.3. The second kappa shape index (κ2) is 2.02. The van der Waals surface area contributed by atoms with Gasteiger partial charge in [-0.25, -0.2) is 5.32 Å². The summed E-state index contributed by atoms with van der Waals surface area (Å²) in [5.74, 6) is 0. The average molecular weight is 136 g/mol. The van der Waals surface area contributed by atoms with Gasteiger partial charge in [0.15, 0.2) is 0 Å². The summed E-state index contributed by atoms with van der Waals surface area (Å²) in [6.45, 7) is 0.0539. The van der Waals surface area contributed by atoms with Gasteiger partial charge in [0.1, 0.15) is 0 Å². The lowest BCUT2D eigenvalue weighted by Crippen LogP contribution is -2.14. The first-order valence-electron chi connectivity index (χ1n) is 2.50. The quantitative estimate of drug-likeness (QED) is 0.442. The van der Waals surface area contributed by atoms with Gasteiger partial charge in [-0.3, -0.25) is 0 Å². The second-order valence-electron chi connectivity index (χ2n) is 1.79. The highest BCUT2D eigenvalue weighted by Crippen LogP contribution is 2.26. The van der Waals surface area contributed by atoms with Crippen LogP contribution in [0.5, 0.6) is 0 Å². The largest absolute Gasteiger partial charge is 0.413 e. The molecule has 0 saturated carbocycles. The first-order chi connectivity index (χ1) is 4.11. The van der Waals surface area contributed by atoms with Crippen LogP contribution in [0.3, 0.4) is 0 Å². The lowest BCUT2D eigenvalue weighted by Gasteiger charge is -2.04. The Morgan fingerprint density at radius 2 is 2.11 bits per heavy atom. The van der Waals surface area contributed by atoms with Crippen molar-refractivity contribution in [1.82, 2.24) is 5.32 Å². The molecule has 0 bridgehead atoms. The van der Waals surface area contributed by atoms with Gasteiger partial charge in [0.25, 0.3) is 0 Å². The molecule has 0 aromatic carbocycles. The predicted octanol–water partition coefficient (Wildman–Crippen LogP) is 1.09. The Morgan fingerprint density at radius 3 is 2.33 bits per heavy atom. The molecule has 1 rings (SSSR count). The molecule has 0 aromatic heterocycles. The highest BCUT2D eigenvalue weighted by molar-refractivity contribution is 5.15. The van der Waals surface area contributed by atoms with Crippen LogP contribution in [0.25, 0.3) is 0 Å². The van der Waals surface area contributed by atoms with Crippen molar-refractivity contribution in [3.63, 3.8) is 0 Å². The molecular weight excluding hydrogens is 131 g/mol. The van der Waals surface area contributed by atoms with E-state index < -0.39 is 11.7 Å². The summed E-state index contributed by atoms with van der Waals surface area (Å²) in [6.07, 6.45) is -3.04. The molecule has 4 heteroatoms. The van der Waals surface area contributed by atoms with Crippen LogP contribution in [0.1, 0.15) is 0 Å². The molecule has 0 saturated heterocycles. The number of halogens is 3. The van der Waals surface area contributed by atoms with Crippen molar-refractivity contribution in [3.8, 4) is 0 Å². The molecule has 0 amide bonds. The molecule has 1 aliphatic rings. The first kappa shape index (κ1) is 6.61. The second-order valence-corrected chi connectivity index (χ2v) is 1.79. The summed E-state index contributed by atoms with van der Waals surface area (Å²) in [7, 11) is 0. The molecule has 0 spiro atoms. The maximum Gasteiger partial charge on any atom is 0.413 e. The van der Waals surface area contributed by atoms with Crippen molar-refractivity contribution in [3.05, 3.63) is 11.6 Å². The minimum atomic E-state index is -4.15. The third-order valence-corrected chi connectivity index (χ3v) is 1.11. The standard InChI is InChI=1S/C5H5F3N/c6-5(7,8)4-1-2-9-3-4/h1H,2-3H2. The highest BCUT2D eigenvalue weighted by Gasteiger charge is 2.34. The normalized spacial score (nSPS) is 20.1. The number of rotatable bonds is 0. The fourth-order valence-electron chi connectivity index (χ4n) is 0.630. The molecule has 0 unspecified atom stereocenters. The fraction of sp³-hybridized carbons (Fsp3) is 0.600.